The number of hydrogen-bond donors (Lipinski definition) is 0. The van der Waals surface area contributed by atoms with Gasteiger partial charge in [0.05, 0.1) is 0 Å². The minimum Gasteiger partial charge on any atom is -0.339 e. The van der Waals surface area contributed by atoms with Gasteiger partial charge in [0, 0.05) is 50.9 Å². The lowest BCUT2D eigenvalue weighted by atomic mass is 9.88. The zero-order valence-electron chi connectivity index (χ0n) is 16.4. The van der Waals surface area contributed by atoms with Crippen LogP contribution < -0.4 is 0 Å². The van der Waals surface area contributed by atoms with Crippen molar-refractivity contribution in [3.05, 3.63) is 34.9 Å². The molecule has 0 spiro atoms. The molecular weight excluding hydrogens is 322 g/mol. The fourth-order valence-electron chi connectivity index (χ4n) is 5.08. The highest BCUT2D eigenvalue weighted by molar-refractivity contribution is 5.94. The standard InChI is InChI=1S/C22H33N3O/c1-23-11-13-25(14-12-23)21-8-4-7-20(16-21)24(2)22(26)19-10-9-17-5-3-6-18(17)15-19/h9-10,15,20-21H,3-8,11-14,16H2,1-2H3/t20-,21+/m0/s1. The van der Waals surface area contributed by atoms with Gasteiger partial charge in [-0.05, 0) is 75.3 Å². The molecule has 1 saturated heterocycles. The van der Waals surface area contributed by atoms with E-state index in [1.165, 1.54) is 63.0 Å². The molecule has 2 atom stereocenters. The Labute approximate surface area is 158 Å². The van der Waals surface area contributed by atoms with E-state index in [1.54, 1.807) is 0 Å². The summed E-state index contributed by atoms with van der Waals surface area (Å²) in [5, 5.41) is 0. The van der Waals surface area contributed by atoms with Crippen molar-refractivity contribution in [2.75, 3.05) is 40.3 Å². The molecule has 1 aliphatic heterocycles. The summed E-state index contributed by atoms with van der Waals surface area (Å²) in [7, 11) is 4.23. The summed E-state index contributed by atoms with van der Waals surface area (Å²) in [5.41, 5.74) is 3.72. The van der Waals surface area contributed by atoms with Gasteiger partial charge < -0.3 is 9.80 Å². The molecule has 3 aliphatic rings. The highest BCUT2D eigenvalue weighted by atomic mass is 16.2. The van der Waals surface area contributed by atoms with Crippen molar-refractivity contribution < 1.29 is 4.79 Å². The third kappa shape index (κ3) is 3.67. The second kappa shape index (κ2) is 7.69. The molecule has 26 heavy (non-hydrogen) atoms. The first-order chi connectivity index (χ1) is 12.6. The van der Waals surface area contributed by atoms with Crippen LogP contribution >= 0.6 is 0 Å². The second-order valence-electron chi connectivity index (χ2n) is 8.57. The van der Waals surface area contributed by atoms with Crippen molar-refractivity contribution in [1.29, 1.82) is 0 Å². The van der Waals surface area contributed by atoms with Crippen molar-refractivity contribution >= 4 is 5.91 Å². The molecule has 2 fully saturated rings. The molecule has 4 heteroatoms. The average molecular weight is 356 g/mol. The predicted octanol–water partition coefficient (Wildman–Crippen LogP) is 2.81. The first kappa shape index (κ1) is 18.0. The monoisotopic (exact) mass is 355 g/mol. The quantitative estimate of drug-likeness (QED) is 0.834. The van der Waals surface area contributed by atoms with Crippen LogP contribution in [0.5, 0.6) is 0 Å². The minimum absolute atomic E-state index is 0.212. The summed E-state index contributed by atoms with van der Waals surface area (Å²) in [6.45, 7) is 4.70. The molecule has 2 aliphatic carbocycles. The Bertz CT molecular complexity index is 651. The highest BCUT2D eigenvalue weighted by Crippen LogP contribution is 2.29. The van der Waals surface area contributed by atoms with Gasteiger partial charge in [-0.3, -0.25) is 9.69 Å². The average Bonchev–Trinajstić information content (AvgIpc) is 3.15. The fourth-order valence-corrected chi connectivity index (χ4v) is 5.08. The van der Waals surface area contributed by atoms with Gasteiger partial charge in [0.15, 0.2) is 0 Å². The summed E-state index contributed by atoms with van der Waals surface area (Å²) in [5.74, 6) is 0.212. The molecule has 1 saturated carbocycles. The number of piperazine rings is 1. The molecule has 4 nitrogen and oxygen atoms in total. The molecular formula is C22H33N3O. The first-order valence-electron chi connectivity index (χ1n) is 10.4. The van der Waals surface area contributed by atoms with Crippen LogP contribution in [0.25, 0.3) is 0 Å². The number of likely N-dealkylation sites (N-methyl/N-ethyl adjacent to an activating group) is 1. The predicted molar refractivity (Wildman–Crippen MR) is 106 cm³/mol. The number of carbonyl (C=O) groups excluding carboxylic acids is 1. The Balaban J connectivity index is 1.40. The van der Waals surface area contributed by atoms with E-state index in [-0.39, 0.29) is 5.91 Å². The maximum Gasteiger partial charge on any atom is 0.253 e. The third-order valence-corrected chi connectivity index (χ3v) is 6.89. The van der Waals surface area contributed by atoms with Gasteiger partial charge in [0.1, 0.15) is 0 Å². The number of hydrogen-bond acceptors (Lipinski definition) is 3. The minimum atomic E-state index is 0.212. The van der Waals surface area contributed by atoms with E-state index in [1.807, 2.05) is 18.0 Å². The molecule has 0 aromatic heterocycles. The molecule has 1 amide bonds. The Morgan fingerprint density at radius 3 is 2.62 bits per heavy atom. The Morgan fingerprint density at radius 2 is 1.81 bits per heavy atom. The van der Waals surface area contributed by atoms with Crippen molar-refractivity contribution in [2.45, 2.75) is 57.0 Å². The van der Waals surface area contributed by atoms with E-state index < -0.39 is 0 Å². The topological polar surface area (TPSA) is 26.8 Å². The Morgan fingerprint density at radius 1 is 1.04 bits per heavy atom. The van der Waals surface area contributed by atoms with Crippen molar-refractivity contribution in [3.8, 4) is 0 Å². The fraction of sp³-hybridized carbons (Fsp3) is 0.682. The zero-order chi connectivity index (χ0) is 18.1. The lowest BCUT2D eigenvalue weighted by molar-refractivity contribution is 0.0496. The Hall–Kier alpha value is -1.39. The Kier molecular flexibility index (Phi) is 5.32. The summed E-state index contributed by atoms with van der Waals surface area (Å²) < 4.78 is 0. The van der Waals surface area contributed by atoms with E-state index in [0.717, 1.165) is 24.8 Å². The summed E-state index contributed by atoms with van der Waals surface area (Å²) in [4.78, 5) is 20.2. The van der Waals surface area contributed by atoms with Crippen LogP contribution in [0.4, 0.5) is 0 Å². The van der Waals surface area contributed by atoms with E-state index in [4.69, 9.17) is 0 Å². The maximum absolute atomic E-state index is 13.1. The second-order valence-corrected chi connectivity index (χ2v) is 8.57. The van der Waals surface area contributed by atoms with Crippen molar-refractivity contribution in [3.63, 3.8) is 0 Å². The van der Waals surface area contributed by atoms with Gasteiger partial charge in [-0.25, -0.2) is 0 Å². The zero-order valence-corrected chi connectivity index (χ0v) is 16.4. The van der Waals surface area contributed by atoms with Crippen LogP contribution in [0, 0.1) is 0 Å². The van der Waals surface area contributed by atoms with Crippen LogP contribution in [0.2, 0.25) is 0 Å². The van der Waals surface area contributed by atoms with Crippen molar-refractivity contribution in [1.82, 2.24) is 14.7 Å². The number of carbonyl (C=O) groups is 1. The van der Waals surface area contributed by atoms with Crippen LogP contribution in [-0.2, 0) is 12.8 Å². The van der Waals surface area contributed by atoms with Crippen molar-refractivity contribution in [2.24, 2.45) is 0 Å². The molecule has 0 unspecified atom stereocenters. The molecule has 4 rings (SSSR count). The molecule has 0 bridgehead atoms. The van der Waals surface area contributed by atoms with Gasteiger partial charge >= 0.3 is 0 Å². The largest absolute Gasteiger partial charge is 0.339 e. The lowest BCUT2D eigenvalue weighted by Gasteiger charge is -2.43. The van der Waals surface area contributed by atoms with Gasteiger partial charge in [-0.15, -0.1) is 0 Å². The van der Waals surface area contributed by atoms with E-state index in [0.29, 0.717) is 12.1 Å². The smallest absolute Gasteiger partial charge is 0.253 e. The summed E-state index contributed by atoms with van der Waals surface area (Å²) >= 11 is 0. The number of rotatable bonds is 3. The van der Waals surface area contributed by atoms with Crippen LogP contribution in [0.3, 0.4) is 0 Å². The summed E-state index contributed by atoms with van der Waals surface area (Å²) in [6.07, 6.45) is 8.36. The maximum atomic E-state index is 13.1. The number of nitrogens with zero attached hydrogens (tertiary/aromatic N) is 3. The van der Waals surface area contributed by atoms with Crippen LogP contribution in [-0.4, -0.2) is 73.0 Å². The third-order valence-electron chi connectivity index (χ3n) is 6.89. The molecule has 0 radical (unpaired) electrons. The van der Waals surface area contributed by atoms with E-state index >= 15 is 0 Å². The highest BCUT2D eigenvalue weighted by Gasteiger charge is 2.32. The molecule has 142 valence electrons. The van der Waals surface area contributed by atoms with Gasteiger partial charge in [-0.2, -0.15) is 0 Å². The molecule has 1 aromatic carbocycles. The van der Waals surface area contributed by atoms with Gasteiger partial charge in [-0.1, -0.05) is 6.07 Å². The molecule has 1 aromatic rings. The van der Waals surface area contributed by atoms with Crippen LogP contribution in [0.15, 0.2) is 18.2 Å². The lowest BCUT2D eigenvalue weighted by Crippen LogP contribution is -2.52. The number of benzene rings is 1. The van der Waals surface area contributed by atoms with Crippen LogP contribution in [0.1, 0.15) is 53.6 Å². The van der Waals surface area contributed by atoms with E-state index in [2.05, 4.69) is 29.0 Å². The molecule has 0 N–H and O–H groups in total. The van der Waals surface area contributed by atoms with Gasteiger partial charge in [0.25, 0.3) is 5.91 Å². The van der Waals surface area contributed by atoms with E-state index in [9.17, 15) is 4.79 Å². The molecule has 1 heterocycles. The SMILES string of the molecule is CN1CCN([C@@H]2CCC[C@H](N(C)C(=O)c3ccc4c(c3)CCC4)C2)CC1. The first-order valence-corrected chi connectivity index (χ1v) is 10.4. The summed E-state index contributed by atoms with van der Waals surface area (Å²) in [6, 6.07) is 7.41. The number of aryl methyl sites for hydroxylation is 2. The number of fused-ring (bicyclic) bond motifs is 1. The van der Waals surface area contributed by atoms with Gasteiger partial charge in [0.2, 0.25) is 0 Å². The number of amides is 1. The normalized spacial score (nSPS) is 27.3.